The van der Waals surface area contributed by atoms with Gasteiger partial charge < -0.3 is 4.74 Å². The third-order valence-corrected chi connectivity index (χ3v) is 3.08. The molecule has 2 aromatic carbocycles. The molecule has 0 atom stereocenters. The highest BCUT2D eigenvalue weighted by molar-refractivity contribution is 9.08. The molecule has 0 saturated heterocycles. The van der Waals surface area contributed by atoms with Crippen LogP contribution in [0.3, 0.4) is 0 Å². The Morgan fingerprint density at radius 2 is 1.88 bits per heavy atom. The van der Waals surface area contributed by atoms with Gasteiger partial charge in [0.1, 0.15) is 11.5 Å². The first-order valence-corrected chi connectivity index (χ1v) is 6.37. The van der Waals surface area contributed by atoms with Crippen LogP contribution in [0.25, 0.3) is 0 Å². The highest BCUT2D eigenvalue weighted by Gasteiger charge is 2.02. The molecule has 0 amide bonds. The number of ether oxygens (including phenoxy) is 1. The van der Waals surface area contributed by atoms with Gasteiger partial charge in [-0.3, -0.25) is 0 Å². The number of hydrogen-bond acceptors (Lipinski definition) is 1. The maximum atomic E-state index is 6.01. The minimum atomic E-state index is 0.617. The van der Waals surface area contributed by atoms with E-state index in [1.807, 2.05) is 48.5 Å². The van der Waals surface area contributed by atoms with Crippen LogP contribution >= 0.6 is 27.5 Å². The van der Waals surface area contributed by atoms with Crippen LogP contribution in [0.4, 0.5) is 0 Å². The Bertz CT molecular complexity index is 485. The molecular weight excluding hydrogens is 287 g/mol. The Labute approximate surface area is 108 Å². The lowest BCUT2D eigenvalue weighted by atomic mass is 10.2. The highest BCUT2D eigenvalue weighted by Crippen LogP contribution is 2.29. The molecule has 2 aromatic rings. The molecule has 2 rings (SSSR count). The van der Waals surface area contributed by atoms with Crippen molar-refractivity contribution in [3.05, 3.63) is 59.1 Å². The second-order valence-corrected chi connectivity index (χ2v) is 4.28. The summed E-state index contributed by atoms with van der Waals surface area (Å²) in [4.78, 5) is 0. The Morgan fingerprint density at radius 1 is 1.06 bits per heavy atom. The molecule has 0 radical (unpaired) electrons. The lowest BCUT2D eigenvalue weighted by molar-refractivity contribution is 0.482. The predicted octanol–water partition coefficient (Wildman–Crippen LogP) is 5.03. The summed E-state index contributed by atoms with van der Waals surface area (Å²) in [5, 5.41) is 1.43. The van der Waals surface area contributed by atoms with E-state index >= 15 is 0 Å². The van der Waals surface area contributed by atoms with Crippen molar-refractivity contribution in [2.75, 3.05) is 0 Å². The highest BCUT2D eigenvalue weighted by atomic mass is 79.9. The van der Waals surface area contributed by atoms with Gasteiger partial charge in [-0.15, -0.1) is 0 Å². The predicted molar refractivity (Wildman–Crippen MR) is 70.6 cm³/mol. The van der Waals surface area contributed by atoms with Gasteiger partial charge in [-0.1, -0.05) is 51.8 Å². The van der Waals surface area contributed by atoms with Crippen molar-refractivity contribution in [2.45, 2.75) is 5.33 Å². The Morgan fingerprint density at radius 3 is 2.62 bits per heavy atom. The maximum absolute atomic E-state index is 6.01. The van der Waals surface area contributed by atoms with E-state index < -0.39 is 0 Å². The normalized spacial score (nSPS) is 10.1. The maximum Gasteiger partial charge on any atom is 0.146 e. The van der Waals surface area contributed by atoms with Crippen molar-refractivity contribution in [2.24, 2.45) is 0 Å². The van der Waals surface area contributed by atoms with Gasteiger partial charge in [0.25, 0.3) is 0 Å². The summed E-state index contributed by atoms with van der Waals surface area (Å²) in [6.45, 7) is 0. The SMILES string of the molecule is Clc1ccccc1Oc1cccc(CBr)c1. The second-order valence-electron chi connectivity index (χ2n) is 3.31. The summed E-state index contributed by atoms with van der Waals surface area (Å²) in [6.07, 6.45) is 0. The smallest absolute Gasteiger partial charge is 0.146 e. The molecule has 1 nitrogen and oxygen atoms in total. The van der Waals surface area contributed by atoms with Gasteiger partial charge in [0, 0.05) is 5.33 Å². The quantitative estimate of drug-likeness (QED) is 0.722. The van der Waals surface area contributed by atoms with Gasteiger partial charge in [-0.05, 0) is 29.8 Å². The fraction of sp³-hybridized carbons (Fsp3) is 0.0769. The number of hydrogen-bond donors (Lipinski definition) is 0. The molecule has 16 heavy (non-hydrogen) atoms. The van der Waals surface area contributed by atoms with Gasteiger partial charge in [-0.25, -0.2) is 0 Å². The van der Waals surface area contributed by atoms with Crippen LogP contribution in [0.15, 0.2) is 48.5 Å². The van der Waals surface area contributed by atoms with Crippen LogP contribution in [0.2, 0.25) is 5.02 Å². The first-order chi connectivity index (χ1) is 7.79. The van der Waals surface area contributed by atoms with Crippen molar-refractivity contribution in [1.82, 2.24) is 0 Å². The molecular formula is C13H10BrClO. The summed E-state index contributed by atoms with van der Waals surface area (Å²) in [7, 11) is 0. The number of alkyl halides is 1. The fourth-order valence-electron chi connectivity index (χ4n) is 1.35. The minimum Gasteiger partial charge on any atom is -0.456 e. The van der Waals surface area contributed by atoms with Crippen LogP contribution in [-0.4, -0.2) is 0 Å². The van der Waals surface area contributed by atoms with E-state index in [0.717, 1.165) is 11.1 Å². The molecule has 0 aromatic heterocycles. The van der Waals surface area contributed by atoms with Crippen LogP contribution in [-0.2, 0) is 5.33 Å². The molecule has 0 saturated carbocycles. The molecule has 0 aliphatic heterocycles. The van der Waals surface area contributed by atoms with E-state index in [9.17, 15) is 0 Å². The van der Waals surface area contributed by atoms with Gasteiger partial charge >= 0.3 is 0 Å². The van der Waals surface area contributed by atoms with Gasteiger partial charge in [0.15, 0.2) is 0 Å². The topological polar surface area (TPSA) is 9.23 Å². The van der Waals surface area contributed by atoms with Crippen LogP contribution < -0.4 is 4.74 Å². The first-order valence-electron chi connectivity index (χ1n) is 4.87. The standard InChI is InChI=1S/C13H10BrClO/c14-9-10-4-3-5-11(8-10)16-13-7-2-1-6-12(13)15/h1-8H,9H2. The Kier molecular flexibility index (Phi) is 3.86. The monoisotopic (exact) mass is 296 g/mol. The van der Waals surface area contributed by atoms with Gasteiger partial charge in [0.2, 0.25) is 0 Å². The number of halogens is 2. The molecule has 0 aliphatic rings. The third kappa shape index (κ3) is 2.77. The zero-order chi connectivity index (χ0) is 11.4. The third-order valence-electron chi connectivity index (χ3n) is 2.12. The van der Waals surface area contributed by atoms with E-state index in [4.69, 9.17) is 16.3 Å². The summed E-state index contributed by atoms with van der Waals surface area (Å²) in [5.41, 5.74) is 1.17. The second kappa shape index (κ2) is 5.37. The summed E-state index contributed by atoms with van der Waals surface area (Å²) < 4.78 is 5.70. The average molecular weight is 298 g/mol. The molecule has 0 heterocycles. The summed E-state index contributed by atoms with van der Waals surface area (Å²) in [5.74, 6) is 1.47. The summed E-state index contributed by atoms with van der Waals surface area (Å²) >= 11 is 9.42. The average Bonchev–Trinajstić information content (AvgIpc) is 2.32. The van der Waals surface area contributed by atoms with Gasteiger partial charge in [0.05, 0.1) is 5.02 Å². The van der Waals surface area contributed by atoms with Crippen LogP contribution in [0.5, 0.6) is 11.5 Å². The lowest BCUT2D eigenvalue weighted by Crippen LogP contribution is -1.86. The molecule has 3 heteroatoms. The fourth-order valence-corrected chi connectivity index (χ4v) is 1.87. The van der Waals surface area contributed by atoms with E-state index in [-0.39, 0.29) is 0 Å². The zero-order valence-corrected chi connectivity index (χ0v) is 10.8. The molecule has 0 N–H and O–H groups in total. The molecule has 0 bridgehead atoms. The minimum absolute atomic E-state index is 0.617. The van der Waals surface area contributed by atoms with Crippen LogP contribution in [0.1, 0.15) is 5.56 Å². The molecule has 0 unspecified atom stereocenters. The van der Waals surface area contributed by atoms with Crippen molar-refractivity contribution < 1.29 is 4.74 Å². The lowest BCUT2D eigenvalue weighted by Gasteiger charge is -2.07. The summed E-state index contributed by atoms with van der Waals surface area (Å²) in [6, 6.07) is 15.3. The molecule has 0 spiro atoms. The van der Waals surface area contributed by atoms with E-state index in [1.54, 1.807) is 0 Å². The van der Waals surface area contributed by atoms with Crippen molar-refractivity contribution in [3.63, 3.8) is 0 Å². The number of para-hydroxylation sites is 1. The first kappa shape index (κ1) is 11.5. The van der Waals surface area contributed by atoms with Gasteiger partial charge in [-0.2, -0.15) is 0 Å². The van der Waals surface area contributed by atoms with Crippen molar-refractivity contribution >= 4 is 27.5 Å². The van der Waals surface area contributed by atoms with E-state index in [1.165, 1.54) is 5.56 Å². The Hall–Kier alpha value is -0.990. The Balaban J connectivity index is 2.24. The van der Waals surface area contributed by atoms with E-state index in [0.29, 0.717) is 10.8 Å². The largest absolute Gasteiger partial charge is 0.456 e. The molecule has 82 valence electrons. The molecule has 0 fully saturated rings. The zero-order valence-electron chi connectivity index (χ0n) is 8.49. The van der Waals surface area contributed by atoms with E-state index in [2.05, 4.69) is 15.9 Å². The van der Waals surface area contributed by atoms with Crippen molar-refractivity contribution in [1.29, 1.82) is 0 Å². The number of rotatable bonds is 3. The molecule has 0 aliphatic carbocycles. The number of benzene rings is 2. The van der Waals surface area contributed by atoms with Crippen LogP contribution in [0, 0.1) is 0 Å². The van der Waals surface area contributed by atoms with Crippen molar-refractivity contribution in [3.8, 4) is 11.5 Å².